The first-order chi connectivity index (χ1) is 8.70. The van der Waals surface area contributed by atoms with Gasteiger partial charge in [0.2, 0.25) is 0 Å². The highest BCUT2D eigenvalue weighted by atomic mass is 14.2. The maximum absolute atomic E-state index is 2.26. The summed E-state index contributed by atoms with van der Waals surface area (Å²) >= 11 is 0. The molecule has 0 aliphatic heterocycles. The van der Waals surface area contributed by atoms with E-state index in [2.05, 4.69) is 81.4 Å². The molecule has 0 aliphatic carbocycles. The highest BCUT2D eigenvalue weighted by molar-refractivity contribution is 5.90. The van der Waals surface area contributed by atoms with Gasteiger partial charge in [-0.05, 0) is 35.1 Å². The van der Waals surface area contributed by atoms with Crippen LogP contribution in [0.2, 0.25) is 0 Å². The van der Waals surface area contributed by atoms with Crippen molar-refractivity contribution in [2.75, 3.05) is 0 Å². The van der Waals surface area contributed by atoms with E-state index in [1.165, 1.54) is 22.3 Å². The molecule has 0 heterocycles. The number of rotatable bonds is 3. The maximum Gasteiger partial charge on any atom is -0.0210 e. The van der Waals surface area contributed by atoms with Gasteiger partial charge in [0.1, 0.15) is 0 Å². The number of benzene rings is 2. The third kappa shape index (κ3) is 2.70. The van der Waals surface area contributed by atoms with Gasteiger partial charge in [0, 0.05) is 0 Å². The molecule has 0 N–H and O–H groups in total. The average Bonchev–Trinajstić information content (AvgIpc) is 2.40. The third-order valence-corrected chi connectivity index (χ3v) is 3.27. The second-order valence-corrected chi connectivity index (χ2v) is 4.93. The summed E-state index contributed by atoms with van der Waals surface area (Å²) in [6.45, 7) is 6.74. The van der Waals surface area contributed by atoms with Gasteiger partial charge < -0.3 is 0 Å². The van der Waals surface area contributed by atoms with Crippen LogP contribution in [0.25, 0.3) is 11.1 Å². The summed E-state index contributed by atoms with van der Waals surface area (Å²) in [5.41, 5.74) is 5.44. The number of allylic oxidation sites excluding steroid dienone is 2. The zero-order chi connectivity index (χ0) is 13.0. The van der Waals surface area contributed by atoms with Crippen molar-refractivity contribution < 1.29 is 0 Å². The van der Waals surface area contributed by atoms with Gasteiger partial charge in [0.15, 0.2) is 0 Å². The lowest BCUT2D eigenvalue weighted by atomic mass is 9.88. The van der Waals surface area contributed by atoms with E-state index in [0.717, 1.165) is 0 Å². The SMILES string of the molecule is CC(=C(c1ccccc1)C(C)C)c1ccccc1. The predicted octanol–water partition coefficient (Wildman–Crippen LogP) is 5.27. The molecule has 0 saturated carbocycles. The standard InChI is InChI=1S/C18H20/c1-14(2)18(17-12-8-5-9-13-17)15(3)16-10-6-4-7-11-16/h4-14H,1-3H3. The molecule has 0 fully saturated rings. The van der Waals surface area contributed by atoms with Gasteiger partial charge in [-0.15, -0.1) is 0 Å². The Morgan fingerprint density at radius 3 is 1.61 bits per heavy atom. The van der Waals surface area contributed by atoms with Crippen LogP contribution in [-0.2, 0) is 0 Å². The molecule has 0 aliphatic rings. The van der Waals surface area contributed by atoms with Crippen molar-refractivity contribution in [1.29, 1.82) is 0 Å². The fourth-order valence-corrected chi connectivity index (χ4v) is 2.44. The normalized spacial score (nSPS) is 12.4. The van der Waals surface area contributed by atoms with E-state index in [4.69, 9.17) is 0 Å². The van der Waals surface area contributed by atoms with E-state index in [9.17, 15) is 0 Å². The molecule has 0 spiro atoms. The molecule has 18 heavy (non-hydrogen) atoms. The Hall–Kier alpha value is -1.82. The maximum atomic E-state index is 2.26. The van der Waals surface area contributed by atoms with Gasteiger partial charge in [-0.1, -0.05) is 74.5 Å². The van der Waals surface area contributed by atoms with Crippen molar-refractivity contribution in [3.8, 4) is 0 Å². The molecule has 0 saturated heterocycles. The Morgan fingerprint density at radius 2 is 1.17 bits per heavy atom. The van der Waals surface area contributed by atoms with Gasteiger partial charge in [0.05, 0.1) is 0 Å². The molecular formula is C18H20. The molecule has 0 radical (unpaired) electrons. The second-order valence-electron chi connectivity index (χ2n) is 4.93. The first kappa shape index (κ1) is 12.6. The van der Waals surface area contributed by atoms with Gasteiger partial charge in [0.25, 0.3) is 0 Å². The summed E-state index contributed by atoms with van der Waals surface area (Å²) in [6.07, 6.45) is 0. The smallest absolute Gasteiger partial charge is 0.0210 e. The van der Waals surface area contributed by atoms with Crippen LogP contribution in [0.4, 0.5) is 0 Å². The highest BCUT2D eigenvalue weighted by Crippen LogP contribution is 2.31. The van der Waals surface area contributed by atoms with Crippen LogP contribution in [0.15, 0.2) is 60.7 Å². The number of hydrogen-bond donors (Lipinski definition) is 0. The monoisotopic (exact) mass is 236 g/mol. The quantitative estimate of drug-likeness (QED) is 0.636. The van der Waals surface area contributed by atoms with Crippen molar-refractivity contribution in [3.63, 3.8) is 0 Å². The average molecular weight is 236 g/mol. The topological polar surface area (TPSA) is 0 Å². The van der Waals surface area contributed by atoms with Crippen LogP contribution in [0.5, 0.6) is 0 Å². The minimum atomic E-state index is 0.521. The Kier molecular flexibility index (Phi) is 3.99. The largest absolute Gasteiger partial charge is 0.0622 e. The summed E-state index contributed by atoms with van der Waals surface area (Å²) < 4.78 is 0. The molecule has 0 atom stereocenters. The van der Waals surface area contributed by atoms with Crippen molar-refractivity contribution >= 4 is 11.1 Å². The van der Waals surface area contributed by atoms with Crippen LogP contribution in [0.1, 0.15) is 31.9 Å². The summed E-state index contributed by atoms with van der Waals surface area (Å²) in [5.74, 6) is 0.521. The van der Waals surface area contributed by atoms with Gasteiger partial charge in [-0.3, -0.25) is 0 Å². The minimum Gasteiger partial charge on any atom is -0.0622 e. The Morgan fingerprint density at radius 1 is 0.722 bits per heavy atom. The molecule has 0 bridgehead atoms. The zero-order valence-electron chi connectivity index (χ0n) is 11.4. The fourth-order valence-electron chi connectivity index (χ4n) is 2.44. The van der Waals surface area contributed by atoms with Crippen LogP contribution in [-0.4, -0.2) is 0 Å². The van der Waals surface area contributed by atoms with Crippen molar-refractivity contribution in [2.24, 2.45) is 5.92 Å². The zero-order valence-corrected chi connectivity index (χ0v) is 11.4. The van der Waals surface area contributed by atoms with E-state index in [0.29, 0.717) is 5.92 Å². The Bertz CT molecular complexity index is 518. The number of hydrogen-bond acceptors (Lipinski definition) is 0. The summed E-state index contributed by atoms with van der Waals surface area (Å²) in [6, 6.07) is 21.3. The molecule has 2 aromatic rings. The van der Waals surface area contributed by atoms with Gasteiger partial charge in [-0.25, -0.2) is 0 Å². The lowest BCUT2D eigenvalue weighted by Crippen LogP contribution is -1.97. The molecule has 0 amide bonds. The molecule has 92 valence electrons. The predicted molar refractivity (Wildman–Crippen MR) is 80.2 cm³/mol. The Balaban J connectivity index is 2.55. The van der Waals surface area contributed by atoms with E-state index in [1.54, 1.807) is 0 Å². The van der Waals surface area contributed by atoms with Crippen LogP contribution < -0.4 is 0 Å². The molecule has 0 aromatic heterocycles. The summed E-state index contributed by atoms with van der Waals surface area (Å²) in [7, 11) is 0. The van der Waals surface area contributed by atoms with Gasteiger partial charge >= 0.3 is 0 Å². The van der Waals surface area contributed by atoms with Crippen LogP contribution in [0, 0.1) is 5.92 Å². The molecule has 0 heteroatoms. The van der Waals surface area contributed by atoms with Crippen molar-refractivity contribution in [3.05, 3.63) is 71.8 Å². The summed E-state index contributed by atoms with van der Waals surface area (Å²) in [5, 5.41) is 0. The highest BCUT2D eigenvalue weighted by Gasteiger charge is 2.10. The van der Waals surface area contributed by atoms with Gasteiger partial charge in [-0.2, -0.15) is 0 Å². The lowest BCUT2D eigenvalue weighted by Gasteiger charge is -2.16. The molecule has 2 aromatic carbocycles. The minimum absolute atomic E-state index is 0.521. The molecular weight excluding hydrogens is 216 g/mol. The van der Waals surface area contributed by atoms with Crippen LogP contribution >= 0.6 is 0 Å². The van der Waals surface area contributed by atoms with Crippen LogP contribution in [0.3, 0.4) is 0 Å². The third-order valence-electron chi connectivity index (χ3n) is 3.27. The summed E-state index contributed by atoms with van der Waals surface area (Å²) in [4.78, 5) is 0. The van der Waals surface area contributed by atoms with Crippen molar-refractivity contribution in [2.45, 2.75) is 20.8 Å². The van der Waals surface area contributed by atoms with E-state index in [1.807, 2.05) is 0 Å². The Labute approximate surface area is 110 Å². The first-order valence-corrected chi connectivity index (χ1v) is 6.51. The molecule has 2 rings (SSSR count). The van der Waals surface area contributed by atoms with E-state index >= 15 is 0 Å². The second kappa shape index (κ2) is 5.68. The van der Waals surface area contributed by atoms with Crippen molar-refractivity contribution in [1.82, 2.24) is 0 Å². The lowest BCUT2D eigenvalue weighted by molar-refractivity contribution is 0.856. The van der Waals surface area contributed by atoms with E-state index < -0.39 is 0 Å². The first-order valence-electron chi connectivity index (χ1n) is 6.51. The van der Waals surface area contributed by atoms with E-state index in [-0.39, 0.29) is 0 Å². The fraction of sp³-hybridized carbons (Fsp3) is 0.222. The molecule has 0 unspecified atom stereocenters. The molecule has 0 nitrogen and oxygen atoms in total.